The van der Waals surface area contributed by atoms with Crippen molar-refractivity contribution in [3.8, 4) is 0 Å². The monoisotopic (exact) mass is 421 g/mol. The predicted molar refractivity (Wildman–Crippen MR) is 75.2 cm³/mol. The van der Waals surface area contributed by atoms with Crippen LogP contribution in [0.2, 0.25) is 0 Å². The third-order valence-electron chi connectivity index (χ3n) is 2.88. The largest absolute Gasteiger partial charge is 0.228 e. The summed E-state index contributed by atoms with van der Waals surface area (Å²) in [5.74, 6) is -4.51. The van der Waals surface area contributed by atoms with Crippen LogP contribution in [0.25, 0.3) is 0 Å². The molecule has 0 aliphatic rings. The van der Waals surface area contributed by atoms with Gasteiger partial charge < -0.3 is 0 Å². The van der Waals surface area contributed by atoms with E-state index in [9.17, 15) is 21.6 Å². The van der Waals surface area contributed by atoms with Crippen LogP contribution in [-0.4, -0.2) is 39.1 Å². The molecule has 0 fully saturated rings. The number of rotatable bonds is 3. The van der Waals surface area contributed by atoms with Crippen molar-refractivity contribution in [2.24, 2.45) is 0 Å². The molecule has 21 heavy (non-hydrogen) atoms. The first-order valence-electron chi connectivity index (χ1n) is 5.69. The van der Waals surface area contributed by atoms with E-state index in [4.69, 9.17) is 0 Å². The SMILES string of the molecule is CS(=O)(=O)C(c1ccccc1)c1ccc(F)c(F)c1F.[Sb]. The summed E-state index contributed by atoms with van der Waals surface area (Å²) in [6.45, 7) is 0. The van der Waals surface area contributed by atoms with Gasteiger partial charge in [0.1, 0.15) is 5.25 Å². The Morgan fingerprint density at radius 3 is 2.00 bits per heavy atom. The van der Waals surface area contributed by atoms with E-state index in [1.165, 1.54) is 12.1 Å². The molecule has 0 bridgehead atoms. The van der Waals surface area contributed by atoms with Crippen LogP contribution in [0.5, 0.6) is 0 Å². The van der Waals surface area contributed by atoms with Crippen molar-refractivity contribution in [3.63, 3.8) is 0 Å². The summed E-state index contributed by atoms with van der Waals surface area (Å²) in [5.41, 5.74) is -0.113. The van der Waals surface area contributed by atoms with E-state index in [-0.39, 0.29) is 24.4 Å². The van der Waals surface area contributed by atoms with Crippen molar-refractivity contribution >= 4 is 34.3 Å². The molecule has 0 N–H and O–H groups in total. The van der Waals surface area contributed by atoms with Crippen LogP contribution in [-0.2, 0) is 9.84 Å². The zero-order chi connectivity index (χ0) is 14.9. The van der Waals surface area contributed by atoms with E-state index in [1.807, 2.05) is 0 Å². The van der Waals surface area contributed by atoms with Crippen LogP contribution in [0.4, 0.5) is 13.2 Å². The van der Waals surface area contributed by atoms with Gasteiger partial charge in [0.15, 0.2) is 27.3 Å². The van der Waals surface area contributed by atoms with Crippen LogP contribution in [0, 0.1) is 17.5 Å². The molecule has 2 aromatic carbocycles. The van der Waals surface area contributed by atoms with Crippen molar-refractivity contribution in [1.29, 1.82) is 0 Å². The van der Waals surface area contributed by atoms with Crippen molar-refractivity contribution in [1.82, 2.24) is 0 Å². The molecule has 0 spiro atoms. The number of sulfone groups is 1. The molecule has 2 rings (SSSR count). The molecule has 0 saturated heterocycles. The first kappa shape index (κ1) is 18.0. The number of hydrogen-bond acceptors (Lipinski definition) is 2. The Morgan fingerprint density at radius 1 is 0.905 bits per heavy atom. The first-order valence-corrected chi connectivity index (χ1v) is 7.65. The minimum atomic E-state index is -3.75. The fraction of sp³-hybridized carbons (Fsp3) is 0.143. The van der Waals surface area contributed by atoms with Gasteiger partial charge >= 0.3 is 0 Å². The van der Waals surface area contributed by atoms with Gasteiger partial charge in [-0.1, -0.05) is 36.4 Å². The second kappa shape index (κ2) is 6.84. The van der Waals surface area contributed by atoms with E-state index in [0.717, 1.165) is 18.4 Å². The van der Waals surface area contributed by atoms with Crippen molar-refractivity contribution in [2.75, 3.05) is 6.26 Å². The Bertz CT molecular complexity index is 733. The molecule has 0 heterocycles. The maximum absolute atomic E-state index is 13.8. The summed E-state index contributed by atoms with van der Waals surface area (Å²) < 4.78 is 63.9. The van der Waals surface area contributed by atoms with Gasteiger partial charge in [0.2, 0.25) is 0 Å². The molecule has 0 amide bonds. The van der Waals surface area contributed by atoms with Gasteiger partial charge in [0.25, 0.3) is 0 Å². The van der Waals surface area contributed by atoms with Crippen LogP contribution in [0.15, 0.2) is 42.5 Å². The van der Waals surface area contributed by atoms with Gasteiger partial charge in [-0.25, -0.2) is 21.6 Å². The Labute approximate surface area is 138 Å². The second-order valence-electron chi connectivity index (χ2n) is 4.38. The molecule has 0 aromatic heterocycles. The summed E-state index contributed by atoms with van der Waals surface area (Å²) in [6, 6.07) is 9.50. The Morgan fingerprint density at radius 2 is 1.48 bits per heavy atom. The fourth-order valence-corrected chi connectivity index (χ4v) is 3.32. The number of benzene rings is 2. The quantitative estimate of drug-likeness (QED) is 0.564. The van der Waals surface area contributed by atoms with Gasteiger partial charge in [0.05, 0.1) is 0 Å². The molecule has 111 valence electrons. The maximum atomic E-state index is 13.8. The molecule has 1 atom stereocenters. The van der Waals surface area contributed by atoms with Gasteiger partial charge in [-0.15, -0.1) is 0 Å². The van der Waals surface area contributed by atoms with E-state index >= 15 is 0 Å². The van der Waals surface area contributed by atoms with Gasteiger partial charge in [0, 0.05) is 36.2 Å². The predicted octanol–water partition coefficient (Wildman–Crippen LogP) is 2.86. The smallest absolute Gasteiger partial charge is 0.194 e. The number of halogens is 3. The van der Waals surface area contributed by atoms with Crippen molar-refractivity contribution in [3.05, 3.63) is 71.0 Å². The molecule has 0 saturated carbocycles. The standard InChI is InChI=1S/C14H11F3O2S.Sb/c1-20(18,19)14(9-5-3-2-4-6-9)10-7-8-11(15)13(17)12(10)16;/h2-8,14H,1H3;. The average Bonchev–Trinajstić information content (AvgIpc) is 2.39. The summed E-state index contributed by atoms with van der Waals surface area (Å²) >= 11 is 0. The zero-order valence-corrected chi connectivity index (χ0v) is 14.3. The summed E-state index contributed by atoms with van der Waals surface area (Å²) in [7, 11) is -3.75. The summed E-state index contributed by atoms with van der Waals surface area (Å²) in [6.07, 6.45) is 0.922. The van der Waals surface area contributed by atoms with Crippen molar-refractivity contribution < 1.29 is 21.6 Å². The first-order chi connectivity index (χ1) is 9.32. The third-order valence-corrected chi connectivity index (χ3v) is 4.26. The third kappa shape index (κ3) is 3.80. The van der Waals surface area contributed by atoms with Crippen molar-refractivity contribution in [2.45, 2.75) is 5.25 Å². The van der Waals surface area contributed by atoms with E-state index < -0.39 is 38.1 Å². The number of hydrogen-bond donors (Lipinski definition) is 0. The Balaban J connectivity index is 0.00000220. The normalized spacial score (nSPS) is 12.6. The maximum Gasteiger partial charge on any atom is 0.194 e. The van der Waals surface area contributed by atoms with Crippen LogP contribution in [0.1, 0.15) is 16.4 Å². The fourth-order valence-electron chi connectivity index (χ4n) is 2.03. The summed E-state index contributed by atoms with van der Waals surface area (Å²) in [5, 5.41) is -1.38. The molecule has 1 unspecified atom stereocenters. The molecule has 3 radical (unpaired) electrons. The second-order valence-corrected chi connectivity index (χ2v) is 6.52. The van der Waals surface area contributed by atoms with Gasteiger partial charge in [-0.05, 0) is 11.6 Å². The Kier molecular flexibility index (Phi) is 5.88. The summed E-state index contributed by atoms with van der Waals surface area (Å²) in [4.78, 5) is 0. The minimum absolute atomic E-state index is 0. The zero-order valence-electron chi connectivity index (χ0n) is 10.9. The average molecular weight is 422 g/mol. The molecule has 0 aliphatic heterocycles. The molecular weight excluding hydrogens is 411 g/mol. The molecule has 0 aliphatic carbocycles. The van der Waals surface area contributed by atoms with Crippen LogP contribution in [0.3, 0.4) is 0 Å². The van der Waals surface area contributed by atoms with Crippen LogP contribution < -0.4 is 0 Å². The molecule has 2 nitrogen and oxygen atoms in total. The molecular formula is C14H11F3O2SSb. The minimum Gasteiger partial charge on any atom is -0.228 e. The van der Waals surface area contributed by atoms with Gasteiger partial charge in [-0.3, -0.25) is 0 Å². The van der Waals surface area contributed by atoms with E-state index in [1.54, 1.807) is 18.2 Å². The molecule has 7 heteroatoms. The van der Waals surface area contributed by atoms with Gasteiger partial charge in [-0.2, -0.15) is 0 Å². The van der Waals surface area contributed by atoms with E-state index in [0.29, 0.717) is 5.56 Å². The Hall–Kier alpha value is -1.00. The van der Waals surface area contributed by atoms with Crippen LogP contribution >= 0.6 is 0 Å². The topological polar surface area (TPSA) is 34.1 Å². The molecule has 2 aromatic rings. The van der Waals surface area contributed by atoms with E-state index in [2.05, 4.69) is 0 Å².